The molecule has 142 valence electrons. The van der Waals surface area contributed by atoms with Gasteiger partial charge < -0.3 is 24.4 Å². The van der Waals surface area contributed by atoms with Crippen molar-refractivity contribution < 1.29 is 23.9 Å². The van der Waals surface area contributed by atoms with Gasteiger partial charge in [0.1, 0.15) is 12.7 Å². The van der Waals surface area contributed by atoms with E-state index in [2.05, 4.69) is 10.5 Å². The molecule has 1 fully saturated rings. The van der Waals surface area contributed by atoms with E-state index in [0.29, 0.717) is 38.2 Å². The molecule has 0 spiro atoms. The van der Waals surface area contributed by atoms with Crippen LogP contribution in [0.25, 0.3) is 0 Å². The van der Waals surface area contributed by atoms with E-state index >= 15 is 0 Å². The summed E-state index contributed by atoms with van der Waals surface area (Å²) in [6, 6.07) is 1.86. The average molecular weight is 354 g/mol. The third kappa shape index (κ3) is 6.76. The maximum Gasteiger partial charge on any atom is 0.220 e. The minimum Gasteiger partial charge on any atom is -0.390 e. The molecule has 1 saturated heterocycles. The minimum absolute atomic E-state index is 0.0221. The van der Waals surface area contributed by atoms with Gasteiger partial charge in [0.2, 0.25) is 5.91 Å². The predicted molar refractivity (Wildman–Crippen MR) is 91.9 cm³/mol. The number of aliphatic hydroxyl groups is 1. The molecular formula is C18H30N2O5. The summed E-state index contributed by atoms with van der Waals surface area (Å²) in [4.78, 5) is 12.0. The number of rotatable bonds is 7. The molecule has 7 nitrogen and oxygen atoms in total. The fourth-order valence-electron chi connectivity index (χ4n) is 2.94. The van der Waals surface area contributed by atoms with E-state index in [1.165, 1.54) is 0 Å². The summed E-state index contributed by atoms with van der Waals surface area (Å²) in [5, 5.41) is 17.0. The van der Waals surface area contributed by atoms with Crippen LogP contribution in [0.4, 0.5) is 0 Å². The van der Waals surface area contributed by atoms with Crippen LogP contribution in [0.2, 0.25) is 0 Å². The lowest BCUT2D eigenvalue weighted by Gasteiger charge is -2.34. The standard InChI is InChI=1S/C18H30N2O5/c1-18(2,3)9-17(22)19-10-16-15(21)6-5-13(24-16)7-12-8-14(11-23-4)25-20-12/h8,13,15-16,21H,5-7,9-11H2,1-4H3,(H,19,22)/t13-,15-,16+/m0/s1. The van der Waals surface area contributed by atoms with Crippen molar-refractivity contribution in [2.75, 3.05) is 13.7 Å². The van der Waals surface area contributed by atoms with Crippen LogP contribution in [0.15, 0.2) is 10.6 Å². The fraction of sp³-hybridized carbons (Fsp3) is 0.778. The number of amides is 1. The van der Waals surface area contributed by atoms with Crippen LogP contribution in [0.1, 0.15) is 51.5 Å². The molecule has 1 aromatic rings. The summed E-state index contributed by atoms with van der Waals surface area (Å²) in [7, 11) is 1.60. The lowest BCUT2D eigenvalue weighted by Crippen LogP contribution is -2.47. The fourth-order valence-corrected chi connectivity index (χ4v) is 2.94. The molecule has 1 aliphatic heterocycles. The maximum atomic E-state index is 12.0. The van der Waals surface area contributed by atoms with Crippen LogP contribution in [0, 0.1) is 5.41 Å². The Bertz CT molecular complexity index is 552. The number of hydrogen-bond acceptors (Lipinski definition) is 6. The Kier molecular flexibility index (Phi) is 6.98. The first-order chi connectivity index (χ1) is 11.8. The van der Waals surface area contributed by atoms with Crippen LogP contribution in [0.5, 0.6) is 0 Å². The molecule has 2 heterocycles. The van der Waals surface area contributed by atoms with Gasteiger partial charge in [0, 0.05) is 32.6 Å². The first-order valence-corrected chi connectivity index (χ1v) is 8.80. The number of carbonyl (C=O) groups is 1. The molecule has 0 saturated carbocycles. The third-order valence-electron chi connectivity index (χ3n) is 4.10. The van der Waals surface area contributed by atoms with Crippen molar-refractivity contribution >= 4 is 5.91 Å². The molecule has 0 unspecified atom stereocenters. The zero-order valence-corrected chi connectivity index (χ0v) is 15.6. The molecule has 1 amide bonds. The molecule has 7 heteroatoms. The molecule has 2 rings (SSSR count). The lowest BCUT2D eigenvalue weighted by molar-refractivity contribution is -0.130. The number of aliphatic hydroxyl groups excluding tert-OH is 1. The number of carbonyl (C=O) groups excluding carboxylic acids is 1. The largest absolute Gasteiger partial charge is 0.390 e. The van der Waals surface area contributed by atoms with Crippen molar-refractivity contribution in [3.8, 4) is 0 Å². The monoisotopic (exact) mass is 354 g/mol. The van der Waals surface area contributed by atoms with E-state index in [-0.39, 0.29) is 17.4 Å². The SMILES string of the molecule is COCc1cc(C[C@@H]2CC[C@H](O)[C@@H](CNC(=O)CC(C)(C)C)O2)no1. The van der Waals surface area contributed by atoms with Crippen molar-refractivity contribution in [1.82, 2.24) is 10.5 Å². The zero-order chi connectivity index (χ0) is 18.4. The number of methoxy groups -OCH3 is 1. The molecule has 3 atom stereocenters. The third-order valence-corrected chi connectivity index (χ3v) is 4.10. The first kappa shape index (κ1) is 19.9. The van der Waals surface area contributed by atoms with Crippen molar-refractivity contribution in [3.63, 3.8) is 0 Å². The van der Waals surface area contributed by atoms with Gasteiger partial charge in [0.05, 0.1) is 17.9 Å². The zero-order valence-electron chi connectivity index (χ0n) is 15.6. The van der Waals surface area contributed by atoms with E-state index in [1.54, 1.807) is 7.11 Å². The summed E-state index contributed by atoms with van der Waals surface area (Å²) >= 11 is 0. The Labute approximate surface area is 149 Å². The Morgan fingerprint density at radius 2 is 2.20 bits per heavy atom. The second-order valence-electron chi connectivity index (χ2n) is 7.90. The topological polar surface area (TPSA) is 93.8 Å². The van der Waals surface area contributed by atoms with Gasteiger partial charge in [0.25, 0.3) is 0 Å². The Morgan fingerprint density at radius 1 is 1.44 bits per heavy atom. The molecule has 0 aliphatic carbocycles. The summed E-state index contributed by atoms with van der Waals surface area (Å²) in [6.07, 6.45) is 1.45. The Hall–Kier alpha value is -1.44. The van der Waals surface area contributed by atoms with E-state index in [1.807, 2.05) is 26.8 Å². The van der Waals surface area contributed by atoms with Gasteiger partial charge in [-0.3, -0.25) is 4.79 Å². The average Bonchev–Trinajstić information content (AvgIpc) is 2.94. The minimum atomic E-state index is -0.562. The maximum absolute atomic E-state index is 12.0. The smallest absolute Gasteiger partial charge is 0.220 e. The summed E-state index contributed by atoms with van der Waals surface area (Å²) in [5.41, 5.74) is 0.745. The second-order valence-corrected chi connectivity index (χ2v) is 7.90. The van der Waals surface area contributed by atoms with Crippen molar-refractivity contribution in [3.05, 3.63) is 17.5 Å². The normalized spacial score (nSPS) is 24.3. The van der Waals surface area contributed by atoms with Gasteiger partial charge in [-0.1, -0.05) is 25.9 Å². The molecule has 25 heavy (non-hydrogen) atoms. The van der Waals surface area contributed by atoms with E-state index in [4.69, 9.17) is 14.0 Å². The molecular weight excluding hydrogens is 324 g/mol. The number of aromatic nitrogens is 1. The van der Waals surface area contributed by atoms with E-state index in [9.17, 15) is 9.90 Å². The highest BCUT2D eigenvalue weighted by Crippen LogP contribution is 2.23. The van der Waals surface area contributed by atoms with Gasteiger partial charge in [-0.25, -0.2) is 0 Å². The van der Waals surface area contributed by atoms with E-state index < -0.39 is 12.2 Å². The van der Waals surface area contributed by atoms with Crippen LogP contribution in [0.3, 0.4) is 0 Å². The Balaban J connectivity index is 1.82. The molecule has 0 bridgehead atoms. The van der Waals surface area contributed by atoms with Crippen molar-refractivity contribution in [1.29, 1.82) is 0 Å². The van der Waals surface area contributed by atoms with Crippen LogP contribution >= 0.6 is 0 Å². The second kappa shape index (κ2) is 8.78. The van der Waals surface area contributed by atoms with Gasteiger partial charge >= 0.3 is 0 Å². The number of nitrogens with zero attached hydrogens (tertiary/aromatic N) is 1. The Morgan fingerprint density at radius 3 is 2.88 bits per heavy atom. The molecule has 1 aliphatic rings. The van der Waals surface area contributed by atoms with Crippen molar-refractivity contribution in [2.45, 2.75) is 71.4 Å². The van der Waals surface area contributed by atoms with Gasteiger partial charge in [-0.2, -0.15) is 0 Å². The summed E-state index contributed by atoms with van der Waals surface area (Å²) in [6.45, 7) is 6.76. The van der Waals surface area contributed by atoms with Gasteiger partial charge in [-0.05, 0) is 18.3 Å². The number of nitrogens with one attached hydrogen (secondary N) is 1. The highest BCUT2D eigenvalue weighted by molar-refractivity contribution is 5.76. The van der Waals surface area contributed by atoms with E-state index in [0.717, 1.165) is 12.1 Å². The molecule has 0 radical (unpaired) electrons. The van der Waals surface area contributed by atoms with Gasteiger partial charge in [-0.15, -0.1) is 0 Å². The van der Waals surface area contributed by atoms with Crippen LogP contribution < -0.4 is 5.32 Å². The summed E-state index contributed by atoms with van der Waals surface area (Å²) < 4.78 is 16.2. The quantitative estimate of drug-likeness (QED) is 0.776. The highest BCUT2D eigenvalue weighted by atomic mass is 16.5. The number of ether oxygens (including phenoxy) is 2. The lowest BCUT2D eigenvalue weighted by atomic mass is 9.92. The van der Waals surface area contributed by atoms with Gasteiger partial charge in [0.15, 0.2) is 5.76 Å². The predicted octanol–water partition coefficient (Wildman–Crippen LogP) is 1.82. The molecule has 1 aromatic heterocycles. The van der Waals surface area contributed by atoms with Crippen LogP contribution in [-0.4, -0.2) is 48.1 Å². The first-order valence-electron chi connectivity index (χ1n) is 8.80. The molecule has 0 aromatic carbocycles. The molecule has 2 N–H and O–H groups in total. The summed E-state index contributed by atoms with van der Waals surface area (Å²) in [5.74, 6) is 0.658. The number of hydrogen-bond donors (Lipinski definition) is 2. The van der Waals surface area contributed by atoms with Crippen LogP contribution in [-0.2, 0) is 27.3 Å². The highest BCUT2D eigenvalue weighted by Gasteiger charge is 2.31. The van der Waals surface area contributed by atoms with Crippen molar-refractivity contribution in [2.24, 2.45) is 5.41 Å².